The lowest BCUT2D eigenvalue weighted by Gasteiger charge is -2.58. The van der Waals surface area contributed by atoms with E-state index in [4.69, 9.17) is 0 Å². The molecule has 1 heterocycles. The highest BCUT2D eigenvalue weighted by molar-refractivity contribution is 6.09. The van der Waals surface area contributed by atoms with Gasteiger partial charge in [0, 0.05) is 23.0 Å². The van der Waals surface area contributed by atoms with Gasteiger partial charge in [-0.2, -0.15) is 0 Å². The average molecular weight is 381 g/mol. The Morgan fingerprint density at radius 1 is 1.25 bits per heavy atom. The van der Waals surface area contributed by atoms with Crippen molar-refractivity contribution >= 4 is 17.6 Å². The van der Waals surface area contributed by atoms with Gasteiger partial charge in [-0.1, -0.05) is 25.5 Å². The van der Waals surface area contributed by atoms with Gasteiger partial charge in [0.2, 0.25) is 5.91 Å². The number of carbonyl (C=O) groups excluding carboxylic acids is 1. The molecule has 2 saturated carbocycles. The SMILES string of the molecule is CCc1cc(=O)[nH]c(-c2cccc(NC(=O)C3(C(=O)O)CC4(CCC4)C3)c2)n1. The fourth-order valence-electron chi connectivity index (χ4n) is 4.49. The van der Waals surface area contributed by atoms with Crippen LogP contribution in [0.15, 0.2) is 35.1 Å². The molecule has 2 aliphatic rings. The lowest BCUT2D eigenvalue weighted by atomic mass is 9.45. The number of hydrogen-bond donors (Lipinski definition) is 3. The minimum atomic E-state index is -1.34. The third-order valence-electron chi connectivity index (χ3n) is 6.16. The maximum atomic E-state index is 12.8. The first kappa shape index (κ1) is 18.4. The highest BCUT2D eigenvalue weighted by atomic mass is 16.4. The highest BCUT2D eigenvalue weighted by Crippen LogP contribution is 2.64. The Labute approximate surface area is 162 Å². The van der Waals surface area contributed by atoms with E-state index >= 15 is 0 Å². The van der Waals surface area contributed by atoms with Gasteiger partial charge in [0.1, 0.15) is 11.2 Å². The maximum Gasteiger partial charge on any atom is 0.319 e. The van der Waals surface area contributed by atoms with Crippen LogP contribution in [-0.4, -0.2) is 27.0 Å². The number of aliphatic carboxylic acids is 1. The Hall–Kier alpha value is -2.96. The predicted molar refractivity (Wildman–Crippen MR) is 104 cm³/mol. The molecule has 7 heteroatoms. The second-order valence-corrected chi connectivity index (χ2v) is 8.07. The molecule has 3 N–H and O–H groups in total. The topological polar surface area (TPSA) is 112 Å². The van der Waals surface area contributed by atoms with Gasteiger partial charge in [-0.15, -0.1) is 0 Å². The zero-order valence-corrected chi connectivity index (χ0v) is 15.7. The zero-order valence-electron chi connectivity index (χ0n) is 15.7. The van der Waals surface area contributed by atoms with E-state index in [9.17, 15) is 19.5 Å². The van der Waals surface area contributed by atoms with E-state index in [1.807, 2.05) is 6.92 Å². The summed E-state index contributed by atoms with van der Waals surface area (Å²) in [5.41, 5.74) is 0.299. The number of carbonyl (C=O) groups is 2. The van der Waals surface area contributed by atoms with Gasteiger partial charge < -0.3 is 15.4 Å². The Morgan fingerprint density at radius 3 is 2.61 bits per heavy atom. The first-order valence-electron chi connectivity index (χ1n) is 9.61. The molecule has 7 nitrogen and oxygen atoms in total. The number of nitrogens with one attached hydrogen (secondary N) is 2. The smallest absolute Gasteiger partial charge is 0.319 e. The number of aryl methyl sites for hydroxylation is 1. The first-order chi connectivity index (χ1) is 13.4. The summed E-state index contributed by atoms with van der Waals surface area (Å²) in [6.07, 6.45) is 4.59. The van der Waals surface area contributed by atoms with Crippen molar-refractivity contribution in [3.63, 3.8) is 0 Å². The number of anilines is 1. The van der Waals surface area contributed by atoms with Crippen molar-refractivity contribution in [3.8, 4) is 11.4 Å². The van der Waals surface area contributed by atoms with E-state index in [0.717, 1.165) is 19.3 Å². The highest BCUT2D eigenvalue weighted by Gasteiger charge is 2.64. The first-order valence-corrected chi connectivity index (χ1v) is 9.61. The standard InChI is InChI=1S/C21H23N3O4/c1-2-14-10-16(25)24-17(22-14)13-5-3-6-15(9-13)23-18(26)21(19(27)28)11-20(12-21)7-4-8-20/h3,5-6,9-10H,2,4,7-8,11-12H2,1H3,(H,23,26)(H,27,28)(H,22,24,25). The fraction of sp³-hybridized carbons (Fsp3) is 0.429. The van der Waals surface area contributed by atoms with Gasteiger partial charge >= 0.3 is 5.97 Å². The largest absolute Gasteiger partial charge is 0.480 e. The van der Waals surface area contributed by atoms with Crippen molar-refractivity contribution in [1.29, 1.82) is 0 Å². The molecule has 146 valence electrons. The molecule has 1 aromatic heterocycles. The summed E-state index contributed by atoms with van der Waals surface area (Å²) in [6.45, 7) is 1.92. The van der Waals surface area contributed by atoms with E-state index < -0.39 is 17.3 Å². The van der Waals surface area contributed by atoms with Crippen LogP contribution in [0.25, 0.3) is 11.4 Å². The van der Waals surface area contributed by atoms with Crippen LogP contribution in [0.1, 0.15) is 44.7 Å². The normalized spacial score (nSPS) is 18.8. The Balaban J connectivity index is 1.57. The maximum absolute atomic E-state index is 12.8. The van der Waals surface area contributed by atoms with Gasteiger partial charge in [0.05, 0.1) is 0 Å². The number of carboxylic acids is 1. The summed E-state index contributed by atoms with van der Waals surface area (Å²) in [7, 11) is 0. The van der Waals surface area contributed by atoms with Crippen LogP contribution >= 0.6 is 0 Å². The zero-order chi connectivity index (χ0) is 19.9. The van der Waals surface area contributed by atoms with E-state index in [0.29, 0.717) is 42.0 Å². The second-order valence-electron chi connectivity index (χ2n) is 8.07. The number of aromatic amines is 1. The Morgan fingerprint density at radius 2 is 2.00 bits per heavy atom. The van der Waals surface area contributed by atoms with Crippen LogP contribution < -0.4 is 10.9 Å². The van der Waals surface area contributed by atoms with Gasteiger partial charge in [-0.05, 0) is 49.7 Å². The van der Waals surface area contributed by atoms with Crippen LogP contribution in [0.3, 0.4) is 0 Å². The quantitative estimate of drug-likeness (QED) is 0.689. The lowest BCUT2D eigenvalue weighted by molar-refractivity contribution is -0.178. The van der Waals surface area contributed by atoms with Gasteiger partial charge in [0.15, 0.2) is 0 Å². The number of carboxylic acid groups (broad SMARTS) is 1. The van der Waals surface area contributed by atoms with Gasteiger partial charge in [-0.25, -0.2) is 4.98 Å². The molecule has 1 amide bonds. The minimum Gasteiger partial charge on any atom is -0.480 e. The average Bonchev–Trinajstić information content (AvgIpc) is 2.59. The molecule has 1 spiro atoms. The molecule has 0 atom stereocenters. The number of rotatable bonds is 5. The van der Waals surface area contributed by atoms with Crippen molar-refractivity contribution < 1.29 is 14.7 Å². The van der Waals surface area contributed by atoms with Crippen molar-refractivity contribution in [1.82, 2.24) is 9.97 Å². The molecule has 1 aromatic carbocycles. The molecule has 2 aromatic rings. The number of hydrogen-bond acceptors (Lipinski definition) is 4. The van der Waals surface area contributed by atoms with Crippen molar-refractivity contribution in [3.05, 3.63) is 46.4 Å². The summed E-state index contributed by atoms with van der Waals surface area (Å²) >= 11 is 0. The van der Waals surface area contributed by atoms with Crippen LogP contribution in [0.4, 0.5) is 5.69 Å². The molecule has 0 unspecified atom stereocenters. The molecule has 2 aliphatic carbocycles. The summed E-state index contributed by atoms with van der Waals surface area (Å²) in [4.78, 5) is 43.6. The number of aromatic nitrogens is 2. The fourth-order valence-corrected chi connectivity index (χ4v) is 4.49. The number of nitrogens with zero attached hydrogens (tertiary/aromatic N) is 1. The number of amides is 1. The van der Waals surface area contributed by atoms with Crippen molar-refractivity contribution in [2.75, 3.05) is 5.32 Å². The number of benzene rings is 1. The minimum absolute atomic E-state index is 0.0571. The van der Waals surface area contributed by atoms with E-state index in [1.165, 1.54) is 6.07 Å². The predicted octanol–water partition coefficient (Wildman–Crippen LogP) is 2.97. The molecule has 0 aliphatic heterocycles. The van der Waals surface area contributed by atoms with E-state index in [1.54, 1.807) is 24.3 Å². The molecular formula is C21H23N3O4. The molecular weight excluding hydrogens is 358 g/mol. The third-order valence-corrected chi connectivity index (χ3v) is 6.16. The molecule has 0 saturated heterocycles. The van der Waals surface area contributed by atoms with Gasteiger partial charge in [0.25, 0.3) is 5.56 Å². The van der Waals surface area contributed by atoms with Crippen molar-refractivity contribution in [2.24, 2.45) is 10.8 Å². The summed E-state index contributed by atoms with van der Waals surface area (Å²) < 4.78 is 0. The van der Waals surface area contributed by atoms with E-state index in [-0.39, 0.29) is 11.0 Å². The Bertz CT molecular complexity index is 999. The number of H-pyrrole nitrogens is 1. The molecule has 4 rings (SSSR count). The van der Waals surface area contributed by atoms with Crippen LogP contribution in [0.5, 0.6) is 0 Å². The van der Waals surface area contributed by atoms with Crippen LogP contribution in [0.2, 0.25) is 0 Å². The Kier molecular flexibility index (Phi) is 4.33. The van der Waals surface area contributed by atoms with E-state index in [2.05, 4.69) is 15.3 Å². The molecule has 0 radical (unpaired) electrons. The molecule has 28 heavy (non-hydrogen) atoms. The lowest BCUT2D eigenvalue weighted by Crippen LogP contribution is -2.59. The third kappa shape index (κ3) is 3.00. The van der Waals surface area contributed by atoms with Gasteiger partial charge in [-0.3, -0.25) is 14.4 Å². The molecule has 0 bridgehead atoms. The molecule has 2 fully saturated rings. The summed E-state index contributed by atoms with van der Waals surface area (Å²) in [5.74, 6) is -1.11. The van der Waals surface area contributed by atoms with Crippen LogP contribution in [-0.2, 0) is 16.0 Å². The van der Waals surface area contributed by atoms with Crippen LogP contribution in [0, 0.1) is 10.8 Å². The summed E-state index contributed by atoms with van der Waals surface area (Å²) in [6, 6.07) is 8.39. The van der Waals surface area contributed by atoms with Crippen molar-refractivity contribution in [2.45, 2.75) is 45.4 Å². The summed E-state index contributed by atoms with van der Waals surface area (Å²) in [5, 5.41) is 12.5. The monoisotopic (exact) mass is 381 g/mol. The second kappa shape index (κ2) is 6.58.